The van der Waals surface area contributed by atoms with Gasteiger partial charge in [0, 0.05) is 0 Å². The Kier molecular flexibility index (Phi) is 6.80. The van der Waals surface area contributed by atoms with Crippen LogP contribution in [0.5, 0.6) is 0 Å². The number of nitrogens with two attached hydrogens (primary N) is 1. The lowest BCUT2D eigenvalue weighted by molar-refractivity contribution is -0.121. The highest BCUT2D eigenvalue weighted by molar-refractivity contribution is 5.88. The summed E-state index contributed by atoms with van der Waals surface area (Å²) in [7, 11) is 0. The molecule has 1 amide bonds. The fourth-order valence-electron chi connectivity index (χ4n) is 3.62. The van der Waals surface area contributed by atoms with E-state index < -0.39 is 5.92 Å². The minimum Gasteiger partial charge on any atom is -0.393 e. The second kappa shape index (κ2) is 10.3. The zero-order chi connectivity index (χ0) is 23.0. The summed E-state index contributed by atoms with van der Waals surface area (Å²) in [6.45, 7) is 2.02. The number of nitrogens with one attached hydrogen (secondary N) is 3. The molecule has 0 fully saturated rings. The van der Waals surface area contributed by atoms with Gasteiger partial charge in [0.05, 0.1) is 12.0 Å². The van der Waals surface area contributed by atoms with Crippen LogP contribution in [-0.4, -0.2) is 15.9 Å². The number of hydrogen-bond donors (Lipinski definition) is 4. The minimum atomic E-state index is -0.487. The van der Waals surface area contributed by atoms with Crippen molar-refractivity contribution in [2.45, 2.75) is 18.9 Å². The van der Waals surface area contributed by atoms with Crippen LogP contribution in [0.4, 0.5) is 17.3 Å². The van der Waals surface area contributed by atoms with Crippen LogP contribution < -0.4 is 21.9 Å². The molecule has 0 saturated carbocycles. The molecule has 0 radical (unpaired) electrons. The van der Waals surface area contributed by atoms with Crippen molar-refractivity contribution < 1.29 is 4.79 Å². The first-order valence-electron chi connectivity index (χ1n) is 10.7. The Bertz CT molecular complexity index is 1150. The SMILES string of the molecule is CC(Nc1ncnc(NNC(=O)C(c2ccccc2)c2ccccc2)c1N)c1ccccc1. The molecule has 166 valence electrons. The van der Waals surface area contributed by atoms with Gasteiger partial charge >= 0.3 is 0 Å². The quantitative estimate of drug-likeness (QED) is 0.302. The first-order chi connectivity index (χ1) is 16.1. The Labute approximate surface area is 193 Å². The van der Waals surface area contributed by atoms with Crippen LogP contribution in [0.2, 0.25) is 0 Å². The number of rotatable bonds is 8. The van der Waals surface area contributed by atoms with E-state index in [2.05, 4.69) is 26.1 Å². The number of anilines is 3. The molecule has 3 aromatic carbocycles. The van der Waals surface area contributed by atoms with Crippen LogP contribution in [0.1, 0.15) is 35.6 Å². The molecule has 1 aromatic heterocycles. The molecule has 1 heterocycles. The van der Waals surface area contributed by atoms with Crippen molar-refractivity contribution in [1.29, 1.82) is 0 Å². The number of carbonyl (C=O) groups excluding carboxylic acids is 1. The Morgan fingerprint density at radius 2 is 1.24 bits per heavy atom. The first kappa shape index (κ1) is 21.8. The maximum atomic E-state index is 13.2. The van der Waals surface area contributed by atoms with E-state index in [4.69, 9.17) is 5.73 Å². The zero-order valence-corrected chi connectivity index (χ0v) is 18.3. The third-order valence-corrected chi connectivity index (χ3v) is 5.37. The molecule has 1 atom stereocenters. The van der Waals surface area contributed by atoms with E-state index in [1.165, 1.54) is 6.33 Å². The second-order valence-electron chi connectivity index (χ2n) is 7.63. The van der Waals surface area contributed by atoms with Crippen LogP contribution in [0.3, 0.4) is 0 Å². The molecule has 33 heavy (non-hydrogen) atoms. The fourth-order valence-corrected chi connectivity index (χ4v) is 3.62. The van der Waals surface area contributed by atoms with Crippen LogP contribution in [0, 0.1) is 0 Å². The maximum absolute atomic E-state index is 13.2. The topological polar surface area (TPSA) is 105 Å². The molecule has 0 saturated heterocycles. The van der Waals surface area contributed by atoms with E-state index in [9.17, 15) is 4.79 Å². The average Bonchev–Trinajstić information content (AvgIpc) is 2.86. The number of benzene rings is 3. The third kappa shape index (κ3) is 5.27. The van der Waals surface area contributed by atoms with E-state index >= 15 is 0 Å². The van der Waals surface area contributed by atoms with Crippen LogP contribution in [0.15, 0.2) is 97.3 Å². The molecule has 4 aromatic rings. The summed E-state index contributed by atoms with van der Waals surface area (Å²) in [6, 6.07) is 29.2. The van der Waals surface area contributed by atoms with Gasteiger partial charge in [0.15, 0.2) is 11.6 Å². The molecule has 5 N–H and O–H groups in total. The maximum Gasteiger partial charge on any atom is 0.250 e. The predicted octanol–water partition coefficient (Wildman–Crippen LogP) is 4.51. The van der Waals surface area contributed by atoms with Gasteiger partial charge in [0.25, 0.3) is 0 Å². The van der Waals surface area contributed by atoms with E-state index in [0.717, 1.165) is 16.7 Å². The number of hydrogen-bond acceptors (Lipinski definition) is 6. The molecule has 0 aliphatic rings. The average molecular weight is 439 g/mol. The number of hydrazine groups is 1. The molecule has 0 spiro atoms. The highest BCUT2D eigenvalue weighted by atomic mass is 16.2. The van der Waals surface area contributed by atoms with E-state index in [1.54, 1.807) is 0 Å². The molecule has 0 aliphatic heterocycles. The minimum absolute atomic E-state index is 0.00798. The van der Waals surface area contributed by atoms with E-state index in [0.29, 0.717) is 17.3 Å². The Morgan fingerprint density at radius 1 is 0.758 bits per heavy atom. The smallest absolute Gasteiger partial charge is 0.250 e. The monoisotopic (exact) mass is 438 g/mol. The van der Waals surface area contributed by atoms with Gasteiger partial charge in [-0.05, 0) is 23.6 Å². The van der Waals surface area contributed by atoms with Gasteiger partial charge in [-0.25, -0.2) is 9.97 Å². The summed E-state index contributed by atoms with van der Waals surface area (Å²) in [4.78, 5) is 21.7. The van der Waals surface area contributed by atoms with E-state index in [1.807, 2.05) is 97.9 Å². The fraction of sp³-hybridized carbons (Fsp3) is 0.115. The lowest BCUT2D eigenvalue weighted by Gasteiger charge is -2.20. The van der Waals surface area contributed by atoms with Gasteiger partial charge in [-0.3, -0.25) is 15.6 Å². The summed E-state index contributed by atoms with van der Waals surface area (Å²) < 4.78 is 0. The highest BCUT2D eigenvalue weighted by Crippen LogP contribution is 2.27. The number of aromatic nitrogens is 2. The first-order valence-corrected chi connectivity index (χ1v) is 10.7. The number of amides is 1. The van der Waals surface area contributed by atoms with Crippen molar-refractivity contribution in [3.8, 4) is 0 Å². The third-order valence-electron chi connectivity index (χ3n) is 5.37. The van der Waals surface area contributed by atoms with Crippen LogP contribution >= 0.6 is 0 Å². The molecule has 4 rings (SSSR count). The van der Waals surface area contributed by atoms with Crippen LogP contribution in [-0.2, 0) is 4.79 Å². The molecular weight excluding hydrogens is 412 g/mol. The number of nitrogens with zero attached hydrogens (tertiary/aromatic N) is 2. The van der Waals surface area contributed by atoms with E-state index in [-0.39, 0.29) is 11.9 Å². The van der Waals surface area contributed by atoms with Gasteiger partial charge in [-0.2, -0.15) is 0 Å². The number of nitrogen functional groups attached to an aromatic ring is 1. The standard InChI is InChI=1S/C26H26N6O/c1-18(19-11-5-2-6-12-19)30-24-23(27)25(29-17-28-24)31-32-26(33)22(20-13-7-3-8-14-20)21-15-9-4-10-16-21/h2-18,22H,27H2,1H3,(H,32,33)(H2,28,29,30,31). The molecule has 1 unspecified atom stereocenters. The van der Waals surface area contributed by atoms with Crippen LogP contribution in [0.25, 0.3) is 0 Å². The molecular formula is C26H26N6O. The molecule has 0 aliphatic carbocycles. The zero-order valence-electron chi connectivity index (χ0n) is 18.3. The summed E-state index contributed by atoms with van der Waals surface area (Å²) in [5.74, 6) is 0.0954. The van der Waals surface area contributed by atoms with Crippen molar-refractivity contribution in [2.75, 3.05) is 16.5 Å². The Balaban J connectivity index is 1.50. The van der Waals surface area contributed by atoms with Gasteiger partial charge in [-0.15, -0.1) is 0 Å². The van der Waals surface area contributed by atoms with Crippen molar-refractivity contribution >= 4 is 23.2 Å². The number of carbonyl (C=O) groups is 1. The summed E-state index contributed by atoms with van der Waals surface area (Å²) in [5.41, 5.74) is 15.1. The van der Waals surface area contributed by atoms with Gasteiger partial charge in [-0.1, -0.05) is 91.0 Å². The lowest BCUT2D eigenvalue weighted by atomic mass is 9.91. The molecule has 7 heteroatoms. The van der Waals surface area contributed by atoms with Crippen molar-refractivity contribution in [3.63, 3.8) is 0 Å². The normalized spacial score (nSPS) is 11.6. The summed E-state index contributed by atoms with van der Waals surface area (Å²) in [5, 5.41) is 3.30. The summed E-state index contributed by atoms with van der Waals surface area (Å²) in [6.07, 6.45) is 1.40. The predicted molar refractivity (Wildman–Crippen MR) is 131 cm³/mol. The van der Waals surface area contributed by atoms with Crippen molar-refractivity contribution in [2.24, 2.45) is 0 Å². The lowest BCUT2D eigenvalue weighted by Crippen LogP contribution is -2.35. The van der Waals surface area contributed by atoms with Crippen molar-refractivity contribution in [3.05, 3.63) is 114 Å². The Morgan fingerprint density at radius 3 is 1.79 bits per heavy atom. The van der Waals surface area contributed by atoms with Gasteiger partial charge in [0.2, 0.25) is 5.91 Å². The summed E-state index contributed by atoms with van der Waals surface area (Å²) >= 11 is 0. The van der Waals surface area contributed by atoms with Gasteiger partial charge < -0.3 is 11.1 Å². The largest absolute Gasteiger partial charge is 0.393 e. The molecule has 0 bridgehead atoms. The second-order valence-corrected chi connectivity index (χ2v) is 7.63. The molecule has 7 nitrogen and oxygen atoms in total. The van der Waals surface area contributed by atoms with Gasteiger partial charge in [0.1, 0.15) is 12.0 Å². The highest BCUT2D eigenvalue weighted by Gasteiger charge is 2.23. The Hall–Kier alpha value is -4.39. The van der Waals surface area contributed by atoms with Crippen molar-refractivity contribution in [1.82, 2.24) is 15.4 Å².